The minimum absolute atomic E-state index is 0.101. The van der Waals surface area contributed by atoms with Gasteiger partial charge in [0.05, 0.1) is 0 Å². The molecule has 0 heterocycles. The lowest BCUT2D eigenvalue weighted by Gasteiger charge is -2.19. The molecule has 0 radical (unpaired) electrons. The summed E-state index contributed by atoms with van der Waals surface area (Å²) in [7, 11) is 0. The lowest BCUT2D eigenvalue weighted by molar-refractivity contribution is -0.125. The van der Waals surface area contributed by atoms with Gasteiger partial charge in [0.1, 0.15) is 6.10 Å². The Hall–Kier alpha value is -1.61. The van der Waals surface area contributed by atoms with Gasteiger partial charge in [-0.05, 0) is 31.4 Å². The van der Waals surface area contributed by atoms with Gasteiger partial charge in [-0.25, -0.2) is 0 Å². The predicted octanol–water partition coefficient (Wildman–Crippen LogP) is 2.73. The zero-order chi connectivity index (χ0) is 13.0. The van der Waals surface area contributed by atoms with Gasteiger partial charge < -0.3 is 10.4 Å². The molecule has 2 atom stereocenters. The first-order valence-corrected chi connectivity index (χ1v) is 6.41. The van der Waals surface area contributed by atoms with Gasteiger partial charge in [-0.3, -0.25) is 4.79 Å². The van der Waals surface area contributed by atoms with Gasteiger partial charge in [0.2, 0.25) is 0 Å². The summed E-state index contributed by atoms with van der Waals surface area (Å²) in [6, 6.07) is 9.21. The minimum Gasteiger partial charge on any atom is -0.383 e. The molecule has 2 N–H and O–H groups in total. The fraction of sp³-hybridized carbons (Fsp3) is 0.400. The van der Waals surface area contributed by atoms with E-state index in [1.165, 1.54) is 5.57 Å². The van der Waals surface area contributed by atoms with Crippen molar-refractivity contribution in [3.05, 3.63) is 42.0 Å². The molecule has 1 aliphatic rings. The third-order valence-electron chi connectivity index (χ3n) is 3.44. The van der Waals surface area contributed by atoms with Crippen molar-refractivity contribution >= 4 is 11.6 Å². The minimum atomic E-state index is -0.977. The molecule has 1 aromatic rings. The Morgan fingerprint density at radius 3 is 2.67 bits per heavy atom. The summed E-state index contributed by atoms with van der Waals surface area (Å²) < 4.78 is 0. The van der Waals surface area contributed by atoms with E-state index in [0.717, 1.165) is 19.3 Å². The Bertz CT molecular complexity index is 439. The van der Waals surface area contributed by atoms with Crippen LogP contribution in [0.2, 0.25) is 0 Å². The monoisotopic (exact) mass is 245 g/mol. The normalized spacial score (nSPS) is 18.0. The number of aliphatic hydroxyl groups is 1. The number of allylic oxidation sites excluding steroid dienone is 1. The van der Waals surface area contributed by atoms with E-state index in [9.17, 15) is 9.90 Å². The molecule has 3 heteroatoms. The maximum Gasteiger partial charge on any atom is 0.253 e. The third kappa shape index (κ3) is 2.99. The Morgan fingerprint density at radius 2 is 2.06 bits per heavy atom. The highest BCUT2D eigenvalue weighted by atomic mass is 16.3. The number of rotatable bonds is 4. The quantitative estimate of drug-likeness (QED) is 0.801. The van der Waals surface area contributed by atoms with Crippen LogP contribution in [0.1, 0.15) is 26.2 Å². The van der Waals surface area contributed by atoms with Crippen molar-refractivity contribution in [1.29, 1.82) is 0 Å². The van der Waals surface area contributed by atoms with Gasteiger partial charge in [-0.15, -0.1) is 0 Å². The second-order valence-electron chi connectivity index (χ2n) is 4.76. The molecule has 0 fully saturated rings. The zero-order valence-corrected chi connectivity index (χ0v) is 10.6. The van der Waals surface area contributed by atoms with Crippen LogP contribution in [0.25, 0.3) is 0 Å². The van der Waals surface area contributed by atoms with Gasteiger partial charge in [0.25, 0.3) is 5.91 Å². The molecule has 0 unspecified atom stereocenters. The summed E-state index contributed by atoms with van der Waals surface area (Å²) in [5, 5.41) is 12.8. The number of hydrogen-bond acceptors (Lipinski definition) is 2. The SMILES string of the molecule is C[C@H](C1=CCCC1)[C@H](O)C(=O)Nc1ccccc1. The first-order valence-electron chi connectivity index (χ1n) is 6.41. The summed E-state index contributed by atoms with van der Waals surface area (Å²) in [6.07, 6.45) is 4.36. The van der Waals surface area contributed by atoms with Crippen LogP contribution in [0.3, 0.4) is 0 Å². The molecule has 0 aliphatic heterocycles. The van der Waals surface area contributed by atoms with E-state index in [2.05, 4.69) is 11.4 Å². The lowest BCUT2D eigenvalue weighted by Crippen LogP contribution is -2.33. The highest BCUT2D eigenvalue weighted by molar-refractivity contribution is 5.94. The van der Waals surface area contributed by atoms with Crippen LogP contribution in [0.5, 0.6) is 0 Å². The first kappa shape index (κ1) is 12.8. The summed E-state index contributed by atoms with van der Waals surface area (Å²) in [5.41, 5.74) is 1.92. The van der Waals surface area contributed by atoms with Crippen molar-refractivity contribution < 1.29 is 9.90 Å². The van der Waals surface area contributed by atoms with Crippen molar-refractivity contribution in [3.63, 3.8) is 0 Å². The Morgan fingerprint density at radius 1 is 1.33 bits per heavy atom. The molecule has 1 aromatic carbocycles. The van der Waals surface area contributed by atoms with E-state index >= 15 is 0 Å². The van der Waals surface area contributed by atoms with E-state index in [1.807, 2.05) is 37.3 Å². The molecule has 96 valence electrons. The Balaban J connectivity index is 1.96. The van der Waals surface area contributed by atoms with E-state index in [0.29, 0.717) is 5.69 Å². The second-order valence-corrected chi connectivity index (χ2v) is 4.76. The summed E-state index contributed by atoms with van der Waals surface area (Å²) in [5.74, 6) is -0.433. The number of carbonyl (C=O) groups excluding carboxylic acids is 1. The topological polar surface area (TPSA) is 49.3 Å². The number of para-hydroxylation sites is 1. The average Bonchev–Trinajstić information content (AvgIpc) is 2.92. The summed E-state index contributed by atoms with van der Waals surface area (Å²) in [6.45, 7) is 1.91. The molecule has 0 bridgehead atoms. The molecule has 1 amide bonds. The molecule has 0 aromatic heterocycles. The van der Waals surface area contributed by atoms with Gasteiger partial charge in [-0.2, -0.15) is 0 Å². The van der Waals surface area contributed by atoms with Crippen molar-refractivity contribution in [1.82, 2.24) is 0 Å². The molecule has 18 heavy (non-hydrogen) atoms. The molecule has 0 saturated carbocycles. The van der Waals surface area contributed by atoms with Crippen LogP contribution in [0.15, 0.2) is 42.0 Å². The number of hydrogen-bond donors (Lipinski definition) is 2. The van der Waals surface area contributed by atoms with Gasteiger partial charge >= 0.3 is 0 Å². The highest BCUT2D eigenvalue weighted by Crippen LogP contribution is 2.27. The van der Waals surface area contributed by atoms with E-state index in [1.54, 1.807) is 0 Å². The van der Waals surface area contributed by atoms with Crippen LogP contribution in [0.4, 0.5) is 5.69 Å². The number of amides is 1. The lowest BCUT2D eigenvalue weighted by atomic mass is 9.94. The standard InChI is InChI=1S/C15H19NO2/c1-11(12-7-5-6-8-12)14(17)15(18)16-13-9-3-2-4-10-13/h2-4,7,9-11,14,17H,5-6,8H2,1H3,(H,16,18)/t11-,14+/m1/s1. The average molecular weight is 245 g/mol. The fourth-order valence-corrected chi connectivity index (χ4v) is 2.28. The Labute approximate surface area is 108 Å². The smallest absolute Gasteiger partial charge is 0.253 e. The van der Waals surface area contributed by atoms with E-state index in [-0.39, 0.29) is 11.8 Å². The predicted molar refractivity (Wildman–Crippen MR) is 72.2 cm³/mol. The summed E-state index contributed by atoms with van der Waals surface area (Å²) >= 11 is 0. The molecular formula is C15H19NO2. The number of nitrogens with one attached hydrogen (secondary N) is 1. The zero-order valence-electron chi connectivity index (χ0n) is 10.6. The van der Waals surface area contributed by atoms with Crippen LogP contribution in [-0.2, 0) is 4.79 Å². The Kier molecular flexibility index (Phi) is 4.15. The molecular weight excluding hydrogens is 226 g/mol. The second kappa shape index (κ2) is 5.83. The maximum absolute atomic E-state index is 11.9. The van der Waals surface area contributed by atoms with Crippen LogP contribution >= 0.6 is 0 Å². The number of benzene rings is 1. The van der Waals surface area contributed by atoms with Gasteiger partial charge in [-0.1, -0.05) is 36.8 Å². The molecule has 0 saturated heterocycles. The molecule has 0 spiro atoms. The number of anilines is 1. The summed E-state index contributed by atoms with van der Waals surface area (Å²) in [4.78, 5) is 11.9. The molecule has 3 nitrogen and oxygen atoms in total. The van der Waals surface area contributed by atoms with Crippen LogP contribution in [-0.4, -0.2) is 17.1 Å². The van der Waals surface area contributed by atoms with Crippen molar-refractivity contribution in [2.24, 2.45) is 5.92 Å². The molecule has 2 rings (SSSR count). The number of carbonyl (C=O) groups is 1. The van der Waals surface area contributed by atoms with Crippen molar-refractivity contribution in [2.75, 3.05) is 5.32 Å². The largest absolute Gasteiger partial charge is 0.383 e. The van der Waals surface area contributed by atoms with Crippen molar-refractivity contribution in [3.8, 4) is 0 Å². The highest BCUT2D eigenvalue weighted by Gasteiger charge is 2.26. The number of aliphatic hydroxyl groups excluding tert-OH is 1. The van der Waals surface area contributed by atoms with Gasteiger partial charge in [0.15, 0.2) is 0 Å². The third-order valence-corrected chi connectivity index (χ3v) is 3.44. The first-order chi connectivity index (χ1) is 8.68. The van der Waals surface area contributed by atoms with E-state index < -0.39 is 6.10 Å². The van der Waals surface area contributed by atoms with Crippen molar-refractivity contribution in [2.45, 2.75) is 32.3 Å². The van der Waals surface area contributed by atoms with Crippen LogP contribution in [0, 0.1) is 5.92 Å². The van der Waals surface area contributed by atoms with Gasteiger partial charge in [0, 0.05) is 11.6 Å². The van der Waals surface area contributed by atoms with Crippen LogP contribution < -0.4 is 5.32 Å². The van der Waals surface area contributed by atoms with E-state index in [4.69, 9.17) is 0 Å². The fourth-order valence-electron chi connectivity index (χ4n) is 2.28. The maximum atomic E-state index is 11.9. The molecule has 1 aliphatic carbocycles.